The summed E-state index contributed by atoms with van der Waals surface area (Å²) >= 11 is 0. The summed E-state index contributed by atoms with van der Waals surface area (Å²) in [6, 6.07) is 6.97. The summed E-state index contributed by atoms with van der Waals surface area (Å²) in [4.78, 5) is 40.3. The molecule has 1 N–H and O–H groups in total. The molecule has 2 atom stereocenters. The minimum atomic E-state index is -0.0294. The number of benzene rings is 1. The average Bonchev–Trinajstić information content (AvgIpc) is 3.29. The third kappa shape index (κ3) is 4.06. The van der Waals surface area contributed by atoms with Crippen molar-refractivity contribution in [1.29, 1.82) is 0 Å². The molecule has 2 aliphatic heterocycles. The van der Waals surface area contributed by atoms with Gasteiger partial charge in [0, 0.05) is 50.8 Å². The van der Waals surface area contributed by atoms with Crippen molar-refractivity contribution >= 4 is 17.7 Å². The van der Waals surface area contributed by atoms with Crippen LogP contribution in [0.2, 0.25) is 0 Å². The average molecular weight is 357 g/mol. The molecule has 26 heavy (non-hydrogen) atoms. The summed E-state index contributed by atoms with van der Waals surface area (Å²) < 4.78 is 0. The topological polar surface area (TPSA) is 69.7 Å². The smallest absolute Gasteiger partial charge is 0.253 e. The summed E-state index contributed by atoms with van der Waals surface area (Å²) in [5.41, 5.74) is 1.23. The highest BCUT2D eigenvalue weighted by molar-refractivity contribution is 5.98. The van der Waals surface area contributed by atoms with Crippen molar-refractivity contribution < 1.29 is 14.4 Å². The van der Waals surface area contributed by atoms with Gasteiger partial charge in [0.25, 0.3) is 11.8 Å². The first-order valence-electron chi connectivity index (χ1n) is 9.37. The molecule has 6 heteroatoms. The van der Waals surface area contributed by atoms with Gasteiger partial charge in [0.05, 0.1) is 0 Å². The van der Waals surface area contributed by atoms with Crippen LogP contribution >= 0.6 is 0 Å². The Morgan fingerprint density at radius 2 is 1.50 bits per heavy atom. The highest BCUT2D eigenvalue weighted by Crippen LogP contribution is 2.22. The fraction of sp³-hybridized carbons (Fsp3) is 0.550. The van der Waals surface area contributed by atoms with Crippen molar-refractivity contribution in [3.8, 4) is 0 Å². The summed E-state index contributed by atoms with van der Waals surface area (Å²) in [6.07, 6.45) is 2.36. The molecule has 2 fully saturated rings. The molecule has 0 radical (unpaired) electrons. The van der Waals surface area contributed by atoms with E-state index in [0.29, 0.717) is 36.6 Å². The predicted octanol–water partition coefficient (Wildman–Crippen LogP) is 1.77. The van der Waals surface area contributed by atoms with E-state index < -0.39 is 0 Å². The lowest BCUT2D eigenvalue weighted by Gasteiger charge is -2.18. The van der Waals surface area contributed by atoms with Crippen LogP contribution in [0.1, 0.15) is 46.9 Å². The fourth-order valence-electron chi connectivity index (χ4n) is 3.79. The van der Waals surface area contributed by atoms with Crippen LogP contribution in [-0.2, 0) is 4.79 Å². The number of amides is 3. The van der Waals surface area contributed by atoms with Crippen LogP contribution in [0.3, 0.4) is 0 Å². The molecule has 0 aromatic heterocycles. The maximum absolute atomic E-state index is 12.7. The first-order valence-corrected chi connectivity index (χ1v) is 9.37. The van der Waals surface area contributed by atoms with E-state index in [2.05, 4.69) is 12.2 Å². The molecular weight excluding hydrogens is 330 g/mol. The van der Waals surface area contributed by atoms with Crippen LogP contribution in [0, 0.1) is 11.8 Å². The highest BCUT2D eigenvalue weighted by atomic mass is 16.2. The normalized spacial score (nSPS) is 22.5. The molecule has 140 valence electrons. The second kappa shape index (κ2) is 7.89. The number of rotatable bonds is 4. The molecule has 2 aliphatic rings. The van der Waals surface area contributed by atoms with Crippen molar-refractivity contribution in [2.75, 3.05) is 33.2 Å². The molecule has 3 amide bonds. The van der Waals surface area contributed by atoms with E-state index in [1.54, 1.807) is 36.2 Å². The Balaban J connectivity index is 1.59. The molecule has 2 saturated heterocycles. The first-order chi connectivity index (χ1) is 12.5. The minimum absolute atomic E-state index is 0.0170. The van der Waals surface area contributed by atoms with Gasteiger partial charge in [-0.25, -0.2) is 0 Å². The molecule has 2 heterocycles. The Morgan fingerprint density at radius 3 is 2.00 bits per heavy atom. The zero-order valence-electron chi connectivity index (χ0n) is 15.5. The summed E-state index contributed by atoms with van der Waals surface area (Å²) in [5, 5.41) is 2.63. The number of nitrogens with zero attached hydrogens (tertiary/aromatic N) is 2. The molecule has 0 spiro atoms. The van der Waals surface area contributed by atoms with Crippen LogP contribution in [-0.4, -0.2) is 60.7 Å². The van der Waals surface area contributed by atoms with Gasteiger partial charge in [-0.2, -0.15) is 0 Å². The molecular formula is C20H27N3O3. The molecule has 0 saturated carbocycles. The van der Waals surface area contributed by atoms with Crippen LogP contribution in [0.15, 0.2) is 24.3 Å². The van der Waals surface area contributed by atoms with Gasteiger partial charge in [-0.15, -0.1) is 0 Å². The minimum Gasteiger partial charge on any atom is -0.359 e. The number of carbonyl (C=O) groups is 3. The molecule has 3 rings (SSSR count). The van der Waals surface area contributed by atoms with Gasteiger partial charge >= 0.3 is 0 Å². The number of nitrogens with one attached hydrogen (secondary N) is 1. The molecule has 2 unspecified atom stereocenters. The van der Waals surface area contributed by atoms with E-state index in [-0.39, 0.29) is 23.6 Å². The quantitative estimate of drug-likeness (QED) is 0.893. The monoisotopic (exact) mass is 357 g/mol. The van der Waals surface area contributed by atoms with Crippen LogP contribution in [0.25, 0.3) is 0 Å². The molecule has 1 aromatic rings. The lowest BCUT2D eigenvalue weighted by molar-refractivity contribution is -0.121. The molecule has 1 aromatic carbocycles. The fourth-order valence-corrected chi connectivity index (χ4v) is 3.79. The third-order valence-electron chi connectivity index (χ3n) is 5.42. The number of likely N-dealkylation sites (tertiary alicyclic amines) is 2. The molecule has 0 bridgehead atoms. The lowest BCUT2D eigenvalue weighted by atomic mass is 10.0. The van der Waals surface area contributed by atoms with Gasteiger partial charge in [-0.05, 0) is 48.9 Å². The van der Waals surface area contributed by atoms with Crippen LogP contribution in [0.4, 0.5) is 0 Å². The Hall–Kier alpha value is -2.37. The molecule has 0 aliphatic carbocycles. The zero-order chi connectivity index (χ0) is 18.7. The SMILES string of the molecule is CNC(=O)CC1CCN(C(=O)c2ccc(C(=O)N3CCC(C)C3)cc2)C1. The van der Waals surface area contributed by atoms with E-state index in [0.717, 1.165) is 25.9 Å². The van der Waals surface area contributed by atoms with Crippen LogP contribution < -0.4 is 5.32 Å². The van der Waals surface area contributed by atoms with E-state index >= 15 is 0 Å². The third-order valence-corrected chi connectivity index (χ3v) is 5.42. The van der Waals surface area contributed by atoms with E-state index in [9.17, 15) is 14.4 Å². The second-order valence-corrected chi connectivity index (χ2v) is 7.51. The number of hydrogen-bond donors (Lipinski definition) is 1. The van der Waals surface area contributed by atoms with Crippen molar-refractivity contribution in [2.45, 2.75) is 26.2 Å². The Morgan fingerprint density at radius 1 is 0.962 bits per heavy atom. The predicted molar refractivity (Wildman–Crippen MR) is 98.8 cm³/mol. The Bertz CT molecular complexity index is 686. The number of hydrogen-bond acceptors (Lipinski definition) is 3. The van der Waals surface area contributed by atoms with E-state index in [1.807, 2.05) is 4.90 Å². The summed E-state index contributed by atoms with van der Waals surface area (Å²) in [6.45, 7) is 5.05. The highest BCUT2D eigenvalue weighted by Gasteiger charge is 2.29. The van der Waals surface area contributed by atoms with Gasteiger partial charge in [-0.1, -0.05) is 6.92 Å². The van der Waals surface area contributed by atoms with Gasteiger partial charge < -0.3 is 15.1 Å². The largest absolute Gasteiger partial charge is 0.359 e. The summed E-state index contributed by atoms with van der Waals surface area (Å²) in [5.74, 6) is 0.802. The molecule has 6 nitrogen and oxygen atoms in total. The Labute approximate surface area is 154 Å². The zero-order valence-corrected chi connectivity index (χ0v) is 15.5. The Kier molecular flexibility index (Phi) is 5.59. The summed E-state index contributed by atoms with van der Waals surface area (Å²) in [7, 11) is 1.63. The standard InChI is InChI=1S/C20H27N3O3/c1-14-7-9-22(12-14)19(25)16-3-5-17(6-4-16)20(26)23-10-8-15(13-23)11-18(24)21-2/h3-6,14-15H,7-13H2,1-2H3,(H,21,24). The van der Waals surface area contributed by atoms with E-state index in [1.165, 1.54) is 0 Å². The van der Waals surface area contributed by atoms with E-state index in [4.69, 9.17) is 0 Å². The maximum Gasteiger partial charge on any atom is 0.253 e. The van der Waals surface area contributed by atoms with Gasteiger partial charge in [0.15, 0.2) is 0 Å². The van der Waals surface area contributed by atoms with Crippen molar-refractivity contribution in [1.82, 2.24) is 15.1 Å². The second-order valence-electron chi connectivity index (χ2n) is 7.51. The van der Waals surface area contributed by atoms with Crippen molar-refractivity contribution in [2.24, 2.45) is 11.8 Å². The van der Waals surface area contributed by atoms with Crippen molar-refractivity contribution in [3.63, 3.8) is 0 Å². The van der Waals surface area contributed by atoms with Gasteiger partial charge in [0.1, 0.15) is 0 Å². The van der Waals surface area contributed by atoms with Crippen LogP contribution in [0.5, 0.6) is 0 Å². The van der Waals surface area contributed by atoms with Crippen molar-refractivity contribution in [3.05, 3.63) is 35.4 Å². The van der Waals surface area contributed by atoms with Gasteiger partial charge in [0.2, 0.25) is 5.91 Å². The number of carbonyl (C=O) groups excluding carboxylic acids is 3. The maximum atomic E-state index is 12.7. The first kappa shape index (κ1) is 18.4. The van der Waals surface area contributed by atoms with Gasteiger partial charge in [-0.3, -0.25) is 14.4 Å². The lowest BCUT2D eigenvalue weighted by Crippen LogP contribution is -2.30.